The van der Waals surface area contributed by atoms with Crippen LogP contribution in [-0.2, 0) is 25.9 Å². The molecule has 0 amide bonds. The molecule has 0 spiro atoms. The highest BCUT2D eigenvalue weighted by Gasteiger charge is 2.20. The summed E-state index contributed by atoms with van der Waals surface area (Å²) in [5.74, 6) is 0.937. The van der Waals surface area contributed by atoms with Crippen molar-refractivity contribution in [1.82, 2.24) is 24.6 Å². The molecule has 5 heteroatoms. The number of nitrogens with one attached hydrogen (secondary N) is 1. The summed E-state index contributed by atoms with van der Waals surface area (Å²) in [5.41, 5.74) is 6.41. The summed E-state index contributed by atoms with van der Waals surface area (Å²) in [5, 5.41) is 8.16. The first-order chi connectivity index (χ1) is 11.4. The van der Waals surface area contributed by atoms with Crippen LogP contribution in [-0.4, -0.2) is 25.9 Å². The summed E-state index contributed by atoms with van der Waals surface area (Å²) in [6.07, 6.45) is 7.53. The molecule has 0 fully saturated rings. The zero-order chi connectivity index (χ0) is 15.2. The number of aromatic nitrogens is 4. The second-order valence-electron chi connectivity index (χ2n) is 6.31. The summed E-state index contributed by atoms with van der Waals surface area (Å²) in [6, 6.07) is 8.77. The Bertz CT molecular complexity index is 850. The van der Waals surface area contributed by atoms with Gasteiger partial charge in [0.05, 0.1) is 17.9 Å². The van der Waals surface area contributed by atoms with Crippen LogP contribution in [0.25, 0.3) is 17.2 Å². The maximum absolute atomic E-state index is 4.77. The zero-order valence-electron chi connectivity index (χ0n) is 13.0. The molecule has 0 radical (unpaired) electrons. The Balaban J connectivity index is 1.63. The van der Waals surface area contributed by atoms with Gasteiger partial charge in [0.2, 0.25) is 0 Å². The van der Waals surface area contributed by atoms with Gasteiger partial charge in [-0.2, -0.15) is 5.10 Å². The maximum atomic E-state index is 4.77. The van der Waals surface area contributed by atoms with Crippen LogP contribution < -0.4 is 5.32 Å². The Morgan fingerprint density at radius 2 is 2.17 bits per heavy atom. The lowest BCUT2D eigenvalue weighted by atomic mass is 10.1. The smallest absolute Gasteiger partial charge is 0.165 e. The van der Waals surface area contributed by atoms with Crippen molar-refractivity contribution in [2.45, 2.75) is 32.4 Å². The van der Waals surface area contributed by atoms with E-state index < -0.39 is 0 Å². The summed E-state index contributed by atoms with van der Waals surface area (Å²) < 4.78 is 4.30. The molecule has 2 aromatic heterocycles. The Morgan fingerprint density at radius 1 is 1.17 bits per heavy atom. The molecule has 0 saturated carbocycles. The van der Waals surface area contributed by atoms with E-state index in [2.05, 4.69) is 50.0 Å². The van der Waals surface area contributed by atoms with Crippen molar-refractivity contribution in [3.8, 4) is 17.2 Å². The van der Waals surface area contributed by atoms with Gasteiger partial charge < -0.3 is 5.32 Å². The fraction of sp³-hybridized carbons (Fsp3) is 0.333. The van der Waals surface area contributed by atoms with Gasteiger partial charge in [-0.1, -0.05) is 12.1 Å². The third kappa shape index (κ3) is 2.04. The highest BCUT2D eigenvalue weighted by Crippen LogP contribution is 2.30. The van der Waals surface area contributed by atoms with Crippen molar-refractivity contribution in [2.24, 2.45) is 0 Å². The van der Waals surface area contributed by atoms with Crippen LogP contribution in [0.3, 0.4) is 0 Å². The van der Waals surface area contributed by atoms with Crippen molar-refractivity contribution in [3.05, 3.63) is 53.5 Å². The number of aryl methyl sites for hydroxylation is 1. The highest BCUT2D eigenvalue weighted by atomic mass is 15.3. The third-order valence-corrected chi connectivity index (χ3v) is 4.92. The van der Waals surface area contributed by atoms with E-state index >= 15 is 0 Å². The fourth-order valence-corrected chi connectivity index (χ4v) is 3.81. The molecule has 3 heterocycles. The molecule has 1 aromatic carbocycles. The Morgan fingerprint density at radius 3 is 3.13 bits per heavy atom. The molecule has 2 aliphatic rings. The SMILES string of the molecule is c1cc2c(c(-n3ccnc3-c3cc4n(n3)CCNC4)c1)CCC2. The molecule has 0 bridgehead atoms. The minimum Gasteiger partial charge on any atom is -0.309 e. The van der Waals surface area contributed by atoms with Crippen LogP contribution in [0.4, 0.5) is 0 Å². The van der Waals surface area contributed by atoms with Gasteiger partial charge in [0, 0.05) is 25.5 Å². The lowest BCUT2D eigenvalue weighted by Crippen LogP contribution is -2.28. The van der Waals surface area contributed by atoms with Crippen LogP contribution in [0.5, 0.6) is 0 Å². The fourth-order valence-electron chi connectivity index (χ4n) is 3.81. The summed E-state index contributed by atoms with van der Waals surface area (Å²) >= 11 is 0. The molecule has 5 nitrogen and oxygen atoms in total. The molecule has 0 atom stereocenters. The summed E-state index contributed by atoms with van der Waals surface area (Å²) in [4.78, 5) is 4.60. The number of nitrogens with zero attached hydrogens (tertiary/aromatic N) is 4. The standard InChI is InChI=1S/C18H19N5/c1-3-13-4-2-6-17(15(13)5-1)22-9-8-20-18(22)16-11-14-12-19-7-10-23(14)21-16/h2,4,6,8-9,11,19H,1,3,5,7,10,12H2. The van der Waals surface area contributed by atoms with Gasteiger partial charge in [-0.15, -0.1) is 0 Å². The molecule has 1 aliphatic heterocycles. The summed E-state index contributed by atoms with van der Waals surface area (Å²) in [6.45, 7) is 2.79. The van der Waals surface area contributed by atoms with E-state index in [0.717, 1.165) is 37.6 Å². The van der Waals surface area contributed by atoms with Crippen LogP contribution in [0.2, 0.25) is 0 Å². The van der Waals surface area contributed by atoms with Crippen molar-refractivity contribution >= 4 is 0 Å². The van der Waals surface area contributed by atoms with Crippen LogP contribution in [0.1, 0.15) is 23.2 Å². The number of hydrogen-bond acceptors (Lipinski definition) is 3. The molecule has 23 heavy (non-hydrogen) atoms. The van der Waals surface area contributed by atoms with Crippen molar-refractivity contribution in [1.29, 1.82) is 0 Å². The predicted octanol–water partition coefficient (Wildman–Crippen LogP) is 2.33. The maximum Gasteiger partial charge on any atom is 0.165 e. The lowest BCUT2D eigenvalue weighted by molar-refractivity contribution is 0.476. The first-order valence-corrected chi connectivity index (χ1v) is 8.32. The zero-order valence-corrected chi connectivity index (χ0v) is 13.0. The van der Waals surface area contributed by atoms with Gasteiger partial charge in [-0.3, -0.25) is 9.25 Å². The molecule has 3 aromatic rings. The van der Waals surface area contributed by atoms with Gasteiger partial charge >= 0.3 is 0 Å². The van der Waals surface area contributed by atoms with Crippen molar-refractivity contribution in [2.75, 3.05) is 6.54 Å². The average Bonchev–Trinajstić information content (AvgIpc) is 3.31. The number of benzene rings is 1. The highest BCUT2D eigenvalue weighted by molar-refractivity contribution is 5.58. The van der Waals surface area contributed by atoms with E-state index in [-0.39, 0.29) is 0 Å². The van der Waals surface area contributed by atoms with Gasteiger partial charge in [0.25, 0.3) is 0 Å². The molecular formula is C18H19N5. The topological polar surface area (TPSA) is 47.7 Å². The van der Waals surface area contributed by atoms with E-state index in [1.165, 1.54) is 35.3 Å². The number of hydrogen-bond donors (Lipinski definition) is 1. The number of imidazole rings is 1. The Hall–Kier alpha value is -2.40. The average molecular weight is 305 g/mol. The summed E-state index contributed by atoms with van der Waals surface area (Å²) in [7, 11) is 0. The van der Waals surface area contributed by atoms with Gasteiger partial charge in [-0.25, -0.2) is 4.98 Å². The van der Waals surface area contributed by atoms with E-state index in [9.17, 15) is 0 Å². The molecule has 116 valence electrons. The Kier molecular flexibility index (Phi) is 2.88. The van der Waals surface area contributed by atoms with Crippen LogP contribution >= 0.6 is 0 Å². The second-order valence-corrected chi connectivity index (χ2v) is 6.31. The Labute approximate surface area is 135 Å². The second kappa shape index (κ2) is 5.06. The minimum absolute atomic E-state index is 0.883. The largest absolute Gasteiger partial charge is 0.309 e. The van der Waals surface area contributed by atoms with Crippen molar-refractivity contribution < 1.29 is 0 Å². The number of rotatable bonds is 2. The monoisotopic (exact) mass is 305 g/mol. The predicted molar refractivity (Wildman–Crippen MR) is 88.5 cm³/mol. The van der Waals surface area contributed by atoms with E-state index in [0.29, 0.717) is 0 Å². The first kappa shape index (κ1) is 13.1. The molecular weight excluding hydrogens is 286 g/mol. The normalized spacial score (nSPS) is 16.3. The van der Waals surface area contributed by atoms with E-state index in [1.807, 2.05) is 6.20 Å². The number of fused-ring (bicyclic) bond motifs is 2. The molecule has 0 unspecified atom stereocenters. The molecule has 1 N–H and O–H groups in total. The molecule has 0 saturated heterocycles. The van der Waals surface area contributed by atoms with Crippen LogP contribution in [0, 0.1) is 0 Å². The van der Waals surface area contributed by atoms with Gasteiger partial charge in [-0.05, 0) is 42.5 Å². The van der Waals surface area contributed by atoms with Gasteiger partial charge in [0.1, 0.15) is 5.69 Å². The quantitative estimate of drug-likeness (QED) is 0.790. The minimum atomic E-state index is 0.883. The van der Waals surface area contributed by atoms with Gasteiger partial charge in [0.15, 0.2) is 5.82 Å². The molecule has 1 aliphatic carbocycles. The van der Waals surface area contributed by atoms with Crippen LogP contribution in [0.15, 0.2) is 36.7 Å². The molecule has 5 rings (SSSR count). The lowest BCUT2D eigenvalue weighted by Gasteiger charge is -2.13. The van der Waals surface area contributed by atoms with E-state index in [4.69, 9.17) is 5.10 Å². The first-order valence-electron chi connectivity index (χ1n) is 8.32. The third-order valence-electron chi connectivity index (χ3n) is 4.92. The van der Waals surface area contributed by atoms with E-state index in [1.54, 1.807) is 0 Å². The van der Waals surface area contributed by atoms with Crippen molar-refractivity contribution in [3.63, 3.8) is 0 Å².